The summed E-state index contributed by atoms with van der Waals surface area (Å²) in [4.78, 5) is 17.9. The lowest BCUT2D eigenvalue weighted by atomic mass is 10.2. The zero-order valence-electron chi connectivity index (χ0n) is 14.8. The van der Waals surface area contributed by atoms with E-state index in [2.05, 4.69) is 17.2 Å². The van der Waals surface area contributed by atoms with Gasteiger partial charge in [-0.2, -0.15) is 0 Å². The minimum absolute atomic E-state index is 0.0976. The molecular formula is C21H22N2O2S. The number of rotatable bonds is 8. The fourth-order valence-corrected chi connectivity index (χ4v) is 3.16. The van der Waals surface area contributed by atoms with Gasteiger partial charge in [-0.05, 0) is 59.8 Å². The average molecular weight is 366 g/mol. The van der Waals surface area contributed by atoms with Gasteiger partial charge in [0.05, 0.1) is 17.2 Å². The number of hydrogen-bond acceptors (Lipinski definition) is 4. The number of pyridine rings is 1. The number of nitrogens with zero attached hydrogens (tertiary/aromatic N) is 1. The van der Waals surface area contributed by atoms with Gasteiger partial charge in [-0.3, -0.25) is 9.78 Å². The van der Waals surface area contributed by atoms with E-state index in [0.717, 1.165) is 34.7 Å². The maximum absolute atomic E-state index is 12.3. The first-order chi connectivity index (χ1) is 12.8. The van der Waals surface area contributed by atoms with Crippen LogP contribution in [0, 0.1) is 0 Å². The van der Waals surface area contributed by atoms with Gasteiger partial charge in [0.15, 0.2) is 0 Å². The Morgan fingerprint density at radius 3 is 2.77 bits per heavy atom. The molecule has 2 heterocycles. The van der Waals surface area contributed by atoms with Crippen LogP contribution in [0.1, 0.15) is 35.7 Å². The van der Waals surface area contributed by atoms with Gasteiger partial charge >= 0.3 is 0 Å². The van der Waals surface area contributed by atoms with E-state index in [1.54, 1.807) is 29.7 Å². The van der Waals surface area contributed by atoms with Crippen molar-refractivity contribution in [3.8, 4) is 16.3 Å². The molecule has 0 radical (unpaired) electrons. The molecule has 1 aromatic carbocycles. The standard InChI is InChI=1S/C21H22N2O2S/c1-2-3-12-25-18-8-6-17(7-9-18)21(24)23-15-16-10-11-22-19(14-16)20-5-4-13-26-20/h4-11,13-14H,2-3,12,15H2,1H3,(H,23,24). The molecule has 0 aliphatic rings. The Morgan fingerprint density at radius 1 is 1.19 bits per heavy atom. The number of unbranched alkanes of at least 4 members (excludes halogenated alkanes) is 1. The Labute approximate surface area is 157 Å². The fraction of sp³-hybridized carbons (Fsp3) is 0.238. The monoisotopic (exact) mass is 366 g/mol. The van der Waals surface area contributed by atoms with Gasteiger partial charge in [-0.15, -0.1) is 11.3 Å². The van der Waals surface area contributed by atoms with E-state index in [4.69, 9.17) is 4.74 Å². The van der Waals surface area contributed by atoms with Crippen LogP contribution in [0.15, 0.2) is 60.1 Å². The van der Waals surface area contributed by atoms with E-state index in [9.17, 15) is 4.79 Å². The van der Waals surface area contributed by atoms with Crippen molar-refractivity contribution < 1.29 is 9.53 Å². The third-order valence-electron chi connectivity index (χ3n) is 3.93. The molecule has 0 saturated carbocycles. The molecule has 134 valence electrons. The van der Waals surface area contributed by atoms with Crippen molar-refractivity contribution in [2.24, 2.45) is 0 Å². The van der Waals surface area contributed by atoms with E-state index < -0.39 is 0 Å². The van der Waals surface area contributed by atoms with Gasteiger partial charge in [0.1, 0.15) is 5.75 Å². The maximum Gasteiger partial charge on any atom is 0.251 e. The normalized spacial score (nSPS) is 10.5. The summed E-state index contributed by atoms with van der Waals surface area (Å²) in [6, 6.07) is 15.2. The number of hydrogen-bond donors (Lipinski definition) is 1. The molecule has 1 N–H and O–H groups in total. The highest BCUT2D eigenvalue weighted by atomic mass is 32.1. The summed E-state index contributed by atoms with van der Waals surface area (Å²) < 4.78 is 5.62. The molecule has 4 nitrogen and oxygen atoms in total. The topological polar surface area (TPSA) is 51.2 Å². The first-order valence-corrected chi connectivity index (χ1v) is 9.64. The number of carbonyl (C=O) groups excluding carboxylic acids is 1. The number of aromatic nitrogens is 1. The lowest BCUT2D eigenvalue weighted by Gasteiger charge is -2.08. The Morgan fingerprint density at radius 2 is 2.04 bits per heavy atom. The number of ether oxygens (including phenoxy) is 1. The van der Waals surface area contributed by atoms with E-state index in [1.807, 2.05) is 41.8 Å². The van der Waals surface area contributed by atoms with Gasteiger partial charge in [-0.25, -0.2) is 0 Å². The third-order valence-corrected chi connectivity index (χ3v) is 4.83. The predicted octanol–water partition coefficient (Wildman–Crippen LogP) is 4.92. The van der Waals surface area contributed by atoms with Gasteiger partial charge in [-0.1, -0.05) is 19.4 Å². The summed E-state index contributed by atoms with van der Waals surface area (Å²) in [6.45, 7) is 3.30. The van der Waals surface area contributed by atoms with Crippen molar-refractivity contribution in [3.05, 3.63) is 71.2 Å². The van der Waals surface area contributed by atoms with Gasteiger partial charge in [0.2, 0.25) is 0 Å². The van der Waals surface area contributed by atoms with E-state index in [1.165, 1.54) is 0 Å². The second-order valence-electron chi connectivity index (χ2n) is 5.94. The van der Waals surface area contributed by atoms with Gasteiger partial charge < -0.3 is 10.1 Å². The first-order valence-electron chi connectivity index (χ1n) is 8.76. The van der Waals surface area contributed by atoms with Crippen molar-refractivity contribution in [3.63, 3.8) is 0 Å². The highest BCUT2D eigenvalue weighted by Gasteiger charge is 2.07. The molecule has 0 spiro atoms. The number of amides is 1. The number of thiophene rings is 1. The number of carbonyl (C=O) groups is 1. The predicted molar refractivity (Wildman–Crippen MR) is 106 cm³/mol. The number of benzene rings is 1. The molecule has 0 saturated heterocycles. The third kappa shape index (κ3) is 4.92. The lowest BCUT2D eigenvalue weighted by molar-refractivity contribution is 0.0951. The highest BCUT2D eigenvalue weighted by Crippen LogP contribution is 2.23. The Hall–Kier alpha value is -2.66. The van der Waals surface area contributed by atoms with Crippen LogP contribution in [0.25, 0.3) is 10.6 Å². The summed E-state index contributed by atoms with van der Waals surface area (Å²) in [6.07, 6.45) is 3.91. The smallest absolute Gasteiger partial charge is 0.251 e. The van der Waals surface area contributed by atoms with Crippen LogP contribution in [0.5, 0.6) is 5.75 Å². The van der Waals surface area contributed by atoms with Crippen LogP contribution in [-0.2, 0) is 6.54 Å². The molecule has 5 heteroatoms. The summed E-state index contributed by atoms with van der Waals surface area (Å²) >= 11 is 1.65. The molecular weight excluding hydrogens is 344 g/mol. The van der Waals surface area contributed by atoms with Crippen LogP contribution in [-0.4, -0.2) is 17.5 Å². The van der Waals surface area contributed by atoms with E-state index >= 15 is 0 Å². The molecule has 2 aromatic heterocycles. The Kier molecular flexibility index (Phi) is 6.39. The second kappa shape index (κ2) is 9.15. The van der Waals surface area contributed by atoms with Crippen LogP contribution in [0.3, 0.4) is 0 Å². The molecule has 0 bridgehead atoms. The molecule has 26 heavy (non-hydrogen) atoms. The lowest BCUT2D eigenvalue weighted by Crippen LogP contribution is -2.22. The van der Waals surface area contributed by atoms with Crippen molar-refractivity contribution in [1.29, 1.82) is 0 Å². The molecule has 0 unspecified atom stereocenters. The molecule has 0 aliphatic carbocycles. The van der Waals surface area contributed by atoms with Crippen molar-refractivity contribution in [2.75, 3.05) is 6.61 Å². The van der Waals surface area contributed by atoms with Gasteiger partial charge in [0.25, 0.3) is 5.91 Å². The maximum atomic E-state index is 12.3. The van der Waals surface area contributed by atoms with Crippen LogP contribution >= 0.6 is 11.3 Å². The quantitative estimate of drug-likeness (QED) is 0.576. The summed E-state index contributed by atoms with van der Waals surface area (Å²) in [7, 11) is 0. The van der Waals surface area contributed by atoms with Crippen molar-refractivity contribution in [2.45, 2.75) is 26.3 Å². The van der Waals surface area contributed by atoms with Crippen molar-refractivity contribution in [1.82, 2.24) is 10.3 Å². The first kappa shape index (κ1) is 18.1. The Balaban J connectivity index is 1.56. The SMILES string of the molecule is CCCCOc1ccc(C(=O)NCc2ccnc(-c3cccs3)c2)cc1. The zero-order valence-corrected chi connectivity index (χ0v) is 15.6. The largest absolute Gasteiger partial charge is 0.494 e. The molecule has 3 rings (SSSR count). The molecule has 0 aliphatic heterocycles. The summed E-state index contributed by atoms with van der Waals surface area (Å²) in [5.74, 6) is 0.698. The second-order valence-corrected chi connectivity index (χ2v) is 6.88. The molecule has 1 amide bonds. The minimum Gasteiger partial charge on any atom is -0.494 e. The van der Waals surface area contributed by atoms with E-state index in [0.29, 0.717) is 18.7 Å². The summed E-state index contributed by atoms with van der Waals surface area (Å²) in [5, 5.41) is 4.98. The zero-order chi connectivity index (χ0) is 18.2. The van der Waals surface area contributed by atoms with Crippen LogP contribution < -0.4 is 10.1 Å². The molecule has 3 aromatic rings. The average Bonchev–Trinajstić information content (AvgIpc) is 3.22. The van der Waals surface area contributed by atoms with Crippen LogP contribution in [0.4, 0.5) is 0 Å². The van der Waals surface area contributed by atoms with E-state index in [-0.39, 0.29) is 5.91 Å². The molecule has 0 atom stereocenters. The van der Waals surface area contributed by atoms with Gasteiger partial charge in [0, 0.05) is 18.3 Å². The number of nitrogens with one attached hydrogen (secondary N) is 1. The van der Waals surface area contributed by atoms with Crippen molar-refractivity contribution >= 4 is 17.2 Å². The highest BCUT2D eigenvalue weighted by molar-refractivity contribution is 7.13. The Bertz CT molecular complexity index is 829. The fourth-order valence-electron chi connectivity index (χ4n) is 2.46. The summed E-state index contributed by atoms with van der Waals surface area (Å²) in [5.41, 5.74) is 2.58. The molecule has 0 fully saturated rings. The minimum atomic E-state index is -0.0976. The van der Waals surface area contributed by atoms with Crippen LogP contribution in [0.2, 0.25) is 0 Å².